The lowest BCUT2D eigenvalue weighted by Gasteiger charge is -2.03. The van der Waals surface area contributed by atoms with Gasteiger partial charge in [0.2, 0.25) is 0 Å². The Bertz CT molecular complexity index is 699. The number of benzene rings is 1. The summed E-state index contributed by atoms with van der Waals surface area (Å²) in [6.45, 7) is 8.80. The molecule has 1 aromatic carbocycles. The van der Waals surface area contributed by atoms with Crippen LogP contribution in [-0.4, -0.2) is 25.6 Å². The van der Waals surface area contributed by atoms with E-state index in [-0.39, 0.29) is 5.97 Å². The van der Waals surface area contributed by atoms with Crippen LogP contribution in [0.25, 0.3) is 10.9 Å². The van der Waals surface area contributed by atoms with E-state index in [2.05, 4.69) is 36.1 Å². The summed E-state index contributed by atoms with van der Waals surface area (Å²) in [6, 6.07) is 7.69. The fraction of sp³-hybridized carbons (Fsp3) is 0.312. The molecule has 0 fully saturated rings. The highest BCUT2D eigenvalue weighted by Gasteiger charge is 2.12. The zero-order chi connectivity index (χ0) is 14.8. The second-order valence-electron chi connectivity index (χ2n) is 5.67. The average Bonchev–Trinajstić information content (AvgIpc) is 2.80. The van der Waals surface area contributed by atoms with Crippen LogP contribution in [-0.2, 0) is 4.74 Å². The van der Waals surface area contributed by atoms with Crippen LogP contribution in [0.1, 0.15) is 23.0 Å². The Morgan fingerprint density at radius 2 is 2.10 bits per heavy atom. The Kier molecular flexibility index (Phi) is 4.00. The van der Waals surface area contributed by atoms with Crippen molar-refractivity contribution >= 4 is 24.9 Å². The number of hydrogen-bond acceptors (Lipinski definition) is 2. The fourth-order valence-corrected chi connectivity index (χ4v) is 2.35. The van der Waals surface area contributed by atoms with Crippen molar-refractivity contribution in [1.29, 1.82) is 0 Å². The Balaban J connectivity index is 2.47. The third-order valence-corrected chi connectivity index (χ3v) is 3.61. The van der Waals surface area contributed by atoms with Crippen LogP contribution in [0.4, 0.5) is 0 Å². The molecular weight excluding hydrogens is 266 g/mol. The zero-order valence-electron chi connectivity index (χ0n) is 12.3. The summed E-state index contributed by atoms with van der Waals surface area (Å²) < 4.78 is 5.01. The monoisotopic (exact) mass is 285 g/mol. The van der Waals surface area contributed by atoms with Crippen molar-refractivity contribution in [3.63, 3.8) is 0 Å². The number of aromatic amines is 1. The molecule has 1 aromatic heterocycles. The van der Waals surface area contributed by atoms with Gasteiger partial charge in [-0.05, 0) is 25.1 Å². The standard InChI is InChI=1S/C16H19NO2Si/c1-5-19-16(18)15-11-13-12(9-10-20(2,3)4)7-6-8-14(13)17-15/h6-8,11,17H,5H2,1-4H3. The van der Waals surface area contributed by atoms with E-state index in [1.54, 1.807) is 6.92 Å². The summed E-state index contributed by atoms with van der Waals surface area (Å²) in [5.41, 5.74) is 5.70. The van der Waals surface area contributed by atoms with E-state index < -0.39 is 8.07 Å². The summed E-state index contributed by atoms with van der Waals surface area (Å²) in [5, 5.41) is 0.973. The van der Waals surface area contributed by atoms with Crippen molar-refractivity contribution in [2.75, 3.05) is 6.61 Å². The molecule has 0 unspecified atom stereocenters. The lowest BCUT2D eigenvalue weighted by atomic mass is 10.1. The van der Waals surface area contributed by atoms with E-state index in [1.165, 1.54) is 0 Å². The van der Waals surface area contributed by atoms with Crippen LogP contribution in [0.3, 0.4) is 0 Å². The first-order valence-corrected chi connectivity index (χ1v) is 10.2. The van der Waals surface area contributed by atoms with Crippen molar-refractivity contribution in [1.82, 2.24) is 4.98 Å². The predicted molar refractivity (Wildman–Crippen MR) is 84.5 cm³/mol. The van der Waals surface area contributed by atoms with Crippen molar-refractivity contribution < 1.29 is 9.53 Å². The Labute approximate surface area is 120 Å². The van der Waals surface area contributed by atoms with Crippen LogP contribution >= 0.6 is 0 Å². The number of fused-ring (bicyclic) bond motifs is 1. The number of carbonyl (C=O) groups is 1. The highest BCUT2D eigenvalue weighted by Crippen LogP contribution is 2.20. The molecule has 0 radical (unpaired) electrons. The predicted octanol–water partition coefficient (Wildman–Crippen LogP) is 3.57. The Morgan fingerprint density at radius 1 is 1.35 bits per heavy atom. The summed E-state index contributed by atoms with van der Waals surface area (Å²) in [5.74, 6) is 2.93. The van der Waals surface area contributed by atoms with Gasteiger partial charge < -0.3 is 9.72 Å². The van der Waals surface area contributed by atoms with Crippen molar-refractivity contribution in [2.45, 2.75) is 26.6 Å². The van der Waals surface area contributed by atoms with Crippen molar-refractivity contribution in [2.24, 2.45) is 0 Å². The first-order valence-electron chi connectivity index (χ1n) is 6.73. The topological polar surface area (TPSA) is 42.1 Å². The van der Waals surface area contributed by atoms with E-state index >= 15 is 0 Å². The molecular formula is C16H19NO2Si. The zero-order valence-corrected chi connectivity index (χ0v) is 13.3. The molecule has 2 rings (SSSR count). The summed E-state index contributed by atoms with van der Waals surface area (Å²) in [6.07, 6.45) is 0. The average molecular weight is 285 g/mol. The van der Waals surface area contributed by atoms with Gasteiger partial charge in [-0.1, -0.05) is 31.6 Å². The van der Waals surface area contributed by atoms with Gasteiger partial charge in [-0.15, -0.1) is 5.54 Å². The molecule has 0 aliphatic carbocycles. The Hall–Kier alpha value is -1.99. The number of H-pyrrole nitrogens is 1. The quantitative estimate of drug-likeness (QED) is 0.520. The molecule has 0 bridgehead atoms. The van der Waals surface area contributed by atoms with Gasteiger partial charge >= 0.3 is 5.97 Å². The van der Waals surface area contributed by atoms with E-state index in [4.69, 9.17) is 4.74 Å². The van der Waals surface area contributed by atoms with Crippen LogP contribution in [0, 0.1) is 11.5 Å². The largest absolute Gasteiger partial charge is 0.461 e. The van der Waals surface area contributed by atoms with Gasteiger partial charge in [0, 0.05) is 16.5 Å². The van der Waals surface area contributed by atoms with Crippen LogP contribution in [0.15, 0.2) is 24.3 Å². The molecule has 4 heteroatoms. The number of carbonyl (C=O) groups excluding carboxylic acids is 1. The van der Waals surface area contributed by atoms with Crippen molar-refractivity contribution in [3.05, 3.63) is 35.5 Å². The van der Waals surface area contributed by atoms with E-state index in [0.717, 1.165) is 16.5 Å². The van der Waals surface area contributed by atoms with Gasteiger partial charge in [0.1, 0.15) is 13.8 Å². The summed E-state index contributed by atoms with van der Waals surface area (Å²) in [7, 11) is -1.42. The number of ether oxygens (including phenoxy) is 1. The third-order valence-electron chi connectivity index (χ3n) is 2.73. The number of rotatable bonds is 2. The number of nitrogens with one attached hydrogen (secondary N) is 1. The van der Waals surface area contributed by atoms with Crippen LogP contribution in [0.5, 0.6) is 0 Å². The smallest absolute Gasteiger partial charge is 0.354 e. The lowest BCUT2D eigenvalue weighted by Crippen LogP contribution is -2.16. The second kappa shape index (κ2) is 5.56. The van der Waals surface area contributed by atoms with E-state index in [1.807, 2.05) is 24.3 Å². The maximum Gasteiger partial charge on any atom is 0.354 e. The maximum atomic E-state index is 11.8. The van der Waals surface area contributed by atoms with Gasteiger partial charge in [-0.3, -0.25) is 0 Å². The minimum Gasteiger partial charge on any atom is -0.461 e. The molecule has 0 aliphatic rings. The van der Waals surface area contributed by atoms with Crippen LogP contribution in [0.2, 0.25) is 19.6 Å². The van der Waals surface area contributed by atoms with Gasteiger partial charge in [-0.2, -0.15) is 0 Å². The summed E-state index contributed by atoms with van der Waals surface area (Å²) in [4.78, 5) is 14.8. The maximum absolute atomic E-state index is 11.8. The molecule has 1 heterocycles. The second-order valence-corrected chi connectivity index (χ2v) is 10.4. The van der Waals surface area contributed by atoms with Crippen LogP contribution < -0.4 is 0 Å². The first kappa shape index (κ1) is 14.4. The number of aromatic nitrogens is 1. The molecule has 0 saturated carbocycles. The molecule has 0 amide bonds. The molecule has 104 valence electrons. The number of hydrogen-bond donors (Lipinski definition) is 1. The molecule has 0 saturated heterocycles. The minimum atomic E-state index is -1.42. The molecule has 2 aromatic rings. The molecule has 3 nitrogen and oxygen atoms in total. The Morgan fingerprint density at radius 3 is 2.75 bits per heavy atom. The van der Waals surface area contributed by atoms with E-state index in [9.17, 15) is 4.79 Å². The third kappa shape index (κ3) is 3.31. The van der Waals surface area contributed by atoms with Crippen molar-refractivity contribution in [3.8, 4) is 11.5 Å². The molecule has 0 atom stereocenters. The number of esters is 1. The minimum absolute atomic E-state index is 0.326. The lowest BCUT2D eigenvalue weighted by molar-refractivity contribution is 0.0520. The normalized spacial score (nSPS) is 11.0. The molecule has 0 spiro atoms. The van der Waals surface area contributed by atoms with Gasteiger partial charge in [0.15, 0.2) is 0 Å². The molecule has 0 aliphatic heterocycles. The first-order chi connectivity index (χ1) is 9.40. The van der Waals surface area contributed by atoms with Gasteiger partial charge in [-0.25, -0.2) is 4.79 Å². The van der Waals surface area contributed by atoms with E-state index in [0.29, 0.717) is 12.3 Å². The van der Waals surface area contributed by atoms with Gasteiger partial charge in [0.25, 0.3) is 0 Å². The fourth-order valence-electron chi connectivity index (χ4n) is 1.84. The highest BCUT2D eigenvalue weighted by molar-refractivity contribution is 6.83. The van der Waals surface area contributed by atoms with Gasteiger partial charge in [0.05, 0.1) is 6.61 Å². The molecule has 20 heavy (non-hydrogen) atoms. The summed E-state index contributed by atoms with van der Waals surface area (Å²) >= 11 is 0. The molecule has 1 N–H and O–H groups in total. The highest BCUT2D eigenvalue weighted by atomic mass is 28.3. The SMILES string of the molecule is CCOC(=O)c1cc2c(C#C[Si](C)(C)C)cccc2[nH]1.